The van der Waals surface area contributed by atoms with Crippen molar-refractivity contribution in [2.75, 3.05) is 0 Å². The minimum atomic E-state index is -0.155. The third-order valence-corrected chi connectivity index (χ3v) is 12.4. The number of esters is 2. The Labute approximate surface area is 239 Å². The van der Waals surface area contributed by atoms with E-state index in [-0.39, 0.29) is 35.0 Å². The monoisotopic (exact) mass is 548 g/mol. The molecule has 6 rings (SSSR count). The van der Waals surface area contributed by atoms with E-state index in [1.165, 1.54) is 32.6 Å². The molecule has 4 aliphatic rings. The van der Waals surface area contributed by atoms with Crippen LogP contribution in [0.4, 0.5) is 0 Å². The number of ether oxygens (including phenoxy) is 2. The fraction of sp³-hybridized carbons (Fsp3) is 0.735. The first-order valence-electron chi connectivity index (χ1n) is 15.9. The van der Waals surface area contributed by atoms with Crippen LogP contribution in [0.25, 0.3) is 11.0 Å². The van der Waals surface area contributed by atoms with Crippen molar-refractivity contribution in [3.05, 3.63) is 30.1 Å². The highest BCUT2D eigenvalue weighted by Crippen LogP contribution is 2.69. The molecular formula is C34H48N2O4. The van der Waals surface area contributed by atoms with Crippen molar-refractivity contribution < 1.29 is 19.1 Å². The summed E-state index contributed by atoms with van der Waals surface area (Å²) in [5.41, 5.74) is 2.39. The lowest BCUT2D eigenvalue weighted by atomic mass is 9.43. The molecular weight excluding hydrogens is 500 g/mol. The van der Waals surface area contributed by atoms with Crippen molar-refractivity contribution in [2.24, 2.45) is 46.3 Å². The van der Waals surface area contributed by atoms with Gasteiger partial charge in [0, 0.05) is 25.7 Å². The van der Waals surface area contributed by atoms with E-state index in [2.05, 4.69) is 44.0 Å². The van der Waals surface area contributed by atoms with Crippen LogP contribution in [0.15, 0.2) is 24.3 Å². The number of para-hydroxylation sites is 2. The topological polar surface area (TPSA) is 81.3 Å². The summed E-state index contributed by atoms with van der Waals surface area (Å²) < 4.78 is 12.0. The summed E-state index contributed by atoms with van der Waals surface area (Å²) in [4.78, 5) is 32.5. The lowest BCUT2D eigenvalue weighted by molar-refractivity contribution is -0.197. The Bertz CT molecular complexity index is 1220. The number of hydrogen-bond donors (Lipinski definition) is 1. The van der Waals surface area contributed by atoms with Crippen molar-refractivity contribution in [1.29, 1.82) is 0 Å². The molecule has 1 aromatic heterocycles. The molecule has 0 amide bonds. The number of rotatable bonds is 6. The number of fused-ring (bicyclic) bond motifs is 6. The van der Waals surface area contributed by atoms with Gasteiger partial charge in [-0.2, -0.15) is 0 Å². The number of imidazole rings is 1. The van der Waals surface area contributed by atoms with Crippen LogP contribution in [0.2, 0.25) is 0 Å². The molecule has 1 aromatic carbocycles. The van der Waals surface area contributed by atoms with Crippen molar-refractivity contribution in [3.63, 3.8) is 0 Å². The summed E-state index contributed by atoms with van der Waals surface area (Å²) >= 11 is 0. The van der Waals surface area contributed by atoms with Crippen LogP contribution in [-0.2, 0) is 25.5 Å². The third-order valence-electron chi connectivity index (χ3n) is 12.4. The zero-order valence-electron chi connectivity index (χ0n) is 25.1. The lowest BCUT2D eigenvalue weighted by Crippen LogP contribution is -2.59. The molecule has 1 heterocycles. The first kappa shape index (κ1) is 27.8. The number of nitrogens with one attached hydrogen (secondary N) is 1. The number of benzene rings is 1. The van der Waals surface area contributed by atoms with E-state index in [4.69, 9.17) is 14.5 Å². The molecule has 218 valence electrons. The van der Waals surface area contributed by atoms with E-state index in [1.54, 1.807) is 6.92 Å². The van der Waals surface area contributed by atoms with Crippen molar-refractivity contribution in [2.45, 2.75) is 111 Å². The summed E-state index contributed by atoms with van der Waals surface area (Å²) in [7, 11) is 0. The molecule has 6 heteroatoms. The average Bonchev–Trinajstić information content (AvgIpc) is 3.49. The summed E-state index contributed by atoms with van der Waals surface area (Å²) in [6.07, 6.45) is 11.0. The molecule has 0 aliphatic heterocycles. The van der Waals surface area contributed by atoms with Crippen LogP contribution in [-0.4, -0.2) is 34.1 Å². The zero-order valence-corrected chi connectivity index (χ0v) is 25.1. The van der Waals surface area contributed by atoms with E-state index >= 15 is 0 Å². The first-order chi connectivity index (χ1) is 19.1. The Hall–Kier alpha value is -2.37. The predicted molar refractivity (Wildman–Crippen MR) is 155 cm³/mol. The van der Waals surface area contributed by atoms with Gasteiger partial charge in [-0.3, -0.25) is 9.59 Å². The van der Waals surface area contributed by atoms with E-state index in [0.29, 0.717) is 35.5 Å². The summed E-state index contributed by atoms with van der Waals surface area (Å²) in [6.45, 7) is 10.5. The van der Waals surface area contributed by atoms with Gasteiger partial charge in [-0.25, -0.2) is 4.98 Å². The first-order valence-corrected chi connectivity index (χ1v) is 15.9. The average molecular weight is 549 g/mol. The van der Waals surface area contributed by atoms with Gasteiger partial charge in [0.05, 0.1) is 11.0 Å². The Kier molecular flexibility index (Phi) is 7.28. The maximum atomic E-state index is 12.5. The Balaban J connectivity index is 1.22. The van der Waals surface area contributed by atoms with Crippen LogP contribution in [0.5, 0.6) is 0 Å². The molecule has 40 heavy (non-hydrogen) atoms. The number of aromatic nitrogens is 2. The van der Waals surface area contributed by atoms with E-state index < -0.39 is 0 Å². The normalized spacial score (nSPS) is 39.6. The number of hydrogen-bond acceptors (Lipinski definition) is 5. The molecule has 10 atom stereocenters. The van der Waals surface area contributed by atoms with Gasteiger partial charge >= 0.3 is 11.9 Å². The molecule has 4 fully saturated rings. The molecule has 2 aromatic rings. The van der Waals surface area contributed by atoms with Crippen molar-refractivity contribution in [1.82, 2.24) is 9.97 Å². The molecule has 0 bridgehead atoms. The van der Waals surface area contributed by atoms with E-state index in [1.807, 2.05) is 6.07 Å². The predicted octanol–water partition coefficient (Wildman–Crippen LogP) is 7.26. The number of carbonyl (C=O) groups is 2. The maximum absolute atomic E-state index is 12.5. The largest absolute Gasteiger partial charge is 0.463 e. The summed E-state index contributed by atoms with van der Waals surface area (Å²) in [5.74, 6) is 4.28. The number of aryl methyl sites for hydroxylation is 1. The summed E-state index contributed by atoms with van der Waals surface area (Å²) in [6, 6.07) is 8.26. The number of nitrogens with zero attached hydrogens (tertiary/aromatic N) is 1. The van der Waals surface area contributed by atoms with Gasteiger partial charge in [0.25, 0.3) is 0 Å². The van der Waals surface area contributed by atoms with Crippen LogP contribution in [0.3, 0.4) is 0 Å². The van der Waals surface area contributed by atoms with Gasteiger partial charge in [-0.1, -0.05) is 32.9 Å². The maximum Gasteiger partial charge on any atom is 0.302 e. The van der Waals surface area contributed by atoms with Crippen LogP contribution in [0.1, 0.15) is 98.2 Å². The molecule has 0 saturated heterocycles. The molecule has 0 unspecified atom stereocenters. The minimum absolute atomic E-state index is 0.0122. The Morgan fingerprint density at radius 2 is 1.77 bits per heavy atom. The van der Waals surface area contributed by atoms with Gasteiger partial charge in [0.15, 0.2) is 0 Å². The van der Waals surface area contributed by atoms with E-state index in [9.17, 15) is 9.59 Å². The second kappa shape index (κ2) is 10.5. The zero-order chi connectivity index (χ0) is 28.2. The second-order valence-corrected chi connectivity index (χ2v) is 14.3. The third kappa shape index (κ3) is 4.67. The Morgan fingerprint density at radius 1 is 1.00 bits per heavy atom. The van der Waals surface area contributed by atoms with Gasteiger partial charge in [0.2, 0.25) is 0 Å². The SMILES string of the molecule is CC(=O)O[C@H]1CC[C@@]2(C)[C@H](CC[C@H]3[C@H]2C[C@H](OC(C)=O)[C@@]2(C)[C@H]3CC[C@H]2[C@H](C)CCc2nc3ccccc3[nH]2)C1. The quantitative estimate of drug-likeness (QED) is 0.384. The highest BCUT2D eigenvalue weighted by atomic mass is 16.5. The van der Waals surface area contributed by atoms with Crippen LogP contribution < -0.4 is 0 Å². The molecule has 1 N–H and O–H groups in total. The highest BCUT2D eigenvalue weighted by molar-refractivity contribution is 5.74. The minimum Gasteiger partial charge on any atom is -0.463 e. The van der Waals surface area contributed by atoms with E-state index in [0.717, 1.165) is 55.4 Å². The van der Waals surface area contributed by atoms with Crippen LogP contribution >= 0.6 is 0 Å². The molecule has 4 saturated carbocycles. The molecule has 0 spiro atoms. The lowest BCUT2D eigenvalue weighted by Gasteiger charge is -2.62. The van der Waals surface area contributed by atoms with Crippen molar-refractivity contribution in [3.8, 4) is 0 Å². The smallest absolute Gasteiger partial charge is 0.302 e. The fourth-order valence-corrected chi connectivity index (χ4v) is 10.5. The Morgan fingerprint density at radius 3 is 2.52 bits per heavy atom. The number of H-pyrrole nitrogens is 1. The molecule has 6 nitrogen and oxygen atoms in total. The second-order valence-electron chi connectivity index (χ2n) is 14.3. The fourth-order valence-electron chi connectivity index (χ4n) is 10.5. The molecule has 0 radical (unpaired) electrons. The summed E-state index contributed by atoms with van der Waals surface area (Å²) in [5, 5.41) is 0. The van der Waals surface area contributed by atoms with Gasteiger partial charge < -0.3 is 14.5 Å². The molecule has 4 aliphatic carbocycles. The number of carbonyl (C=O) groups excluding carboxylic acids is 2. The van der Waals surface area contributed by atoms with Crippen LogP contribution in [0, 0.1) is 46.3 Å². The highest BCUT2D eigenvalue weighted by Gasteiger charge is 2.65. The van der Waals surface area contributed by atoms with Gasteiger partial charge in [-0.15, -0.1) is 0 Å². The number of aromatic amines is 1. The standard InChI is InChI=1S/C34H48N2O4/c1-20(10-15-32-35-29-8-6-7-9-30(29)36-32)26-13-14-27-25-12-11-23-18-24(39-21(2)37)16-17-33(23,4)28(25)19-31(34(26,27)5)40-22(3)38/h6-9,20,23-28,31H,10-19H2,1-5H3,(H,35,36)/t20-,23-,24+,25-,26+,27+,28-,31+,33+,34-/m1/s1. The van der Waals surface area contributed by atoms with Gasteiger partial charge in [-0.05, 0) is 111 Å². The van der Waals surface area contributed by atoms with Crippen molar-refractivity contribution >= 4 is 23.0 Å². The van der Waals surface area contributed by atoms with Gasteiger partial charge in [0.1, 0.15) is 18.0 Å².